The summed E-state index contributed by atoms with van der Waals surface area (Å²) in [5.74, 6) is -4.10. The first-order valence-corrected chi connectivity index (χ1v) is 9.11. The van der Waals surface area contributed by atoms with Crippen LogP contribution in [-0.4, -0.2) is 21.8 Å². The van der Waals surface area contributed by atoms with Crippen LogP contribution in [0.1, 0.15) is 22.7 Å². The molecule has 3 aromatic rings. The number of amides is 1. The lowest BCUT2D eigenvalue weighted by Gasteiger charge is -2.25. The van der Waals surface area contributed by atoms with Gasteiger partial charge in [-0.15, -0.1) is 0 Å². The van der Waals surface area contributed by atoms with Crippen LogP contribution in [0.5, 0.6) is 0 Å². The molecule has 0 bridgehead atoms. The van der Waals surface area contributed by atoms with Crippen molar-refractivity contribution in [2.24, 2.45) is 0 Å². The van der Waals surface area contributed by atoms with Gasteiger partial charge in [0.25, 0.3) is 11.7 Å². The maximum atomic E-state index is 14.5. The molecule has 0 spiro atoms. The molecule has 5 nitrogen and oxygen atoms in total. The predicted molar refractivity (Wildman–Crippen MR) is 107 cm³/mol. The van der Waals surface area contributed by atoms with E-state index in [1.54, 1.807) is 36.4 Å². The van der Waals surface area contributed by atoms with Crippen molar-refractivity contribution in [3.63, 3.8) is 0 Å². The number of carbonyl (C=O) groups is 2. The van der Waals surface area contributed by atoms with Gasteiger partial charge in [0, 0.05) is 24.0 Å². The van der Waals surface area contributed by atoms with E-state index in [0.29, 0.717) is 11.1 Å². The van der Waals surface area contributed by atoms with Gasteiger partial charge < -0.3 is 5.11 Å². The van der Waals surface area contributed by atoms with Gasteiger partial charge in [-0.05, 0) is 30.7 Å². The Morgan fingerprint density at radius 1 is 1.07 bits per heavy atom. The molecule has 1 atom stereocenters. The molecule has 1 unspecified atom stereocenters. The summed E-state index contributed by atoms with van der Waals surface area (Å²) in [6, 6.07) is 11.4. The fourth-order valence-electron chi connectivity index (χ4n) is 3.47. The quantitative estimate of drug-likeness (QED) is 0.400. The highest BCUT2D eigenvalue weighted by molar-refractivity contribution is 6.51. The second kappa shape index (κ2) is 7.51. The number of rotatable bonds is 3. The Morgan fingerprint density at radius 2 is 1.80 bits per heavy atom. The van der Waals surface area contributed by atoms with E-state index in [-0.39, 0.29) is 5.57 Å². The lowest BCUT2D eigenvalue weighted by Crippen LogP contribution is -2.30. The Kier molecular flexibility index (Phi) is 4.87. The Hall–Kier alpha value is -3.87. The highest BCUT2D eigenvalue weighted by atomic mass is 19.1. The Morgan fingerprint density at radius 3 is 2.47 bits per heavy atom. The zero-order valence-electron chi connectivity index (χ0n) is 15.8. The van der Waals surface area contributed by atoms with Crippen LogP contribution in [0.3, 0.4) is 0 Å². The fraction of sp³-hybridized carbons (Fsp3) is 0.0870. The van der Waals surface area contributed by atoms with Gasteiger partial charge >= 0.3 is 0 Å². The lowest BCUT2D eigenvalue weighted by molar-refractivity contribution is -0.132. The minimum Gasteiger partial charge on any atom is -0.507 e. The van der Waals surface area contributed by atoms with Gasteiger partial charge in [0.2, 0.25) is 0 Å². The van der Waals surface area contributed by atoms with Crippen LogP contribution in [0.25, 0.3) is 5.76 Å². The third kappa shape index (κ3) is 3.24. The number of hydrogen-bond acceptors (Lipinski definition) is 4. The summed E-state index contributed by atoms with van der Waals surface area (Å²) < 4.78 is 28.4. The molecule has 2 heterocycles. The number of aromatic nitrogens is 1. The van der Waals surface area contributed by atoms with E-state index in [1.807, 2.05) is 6.92 Å². The smallest absolute Gasteiger partial charge is 0.300 e. The first kappa shape index (κ1) is 19.4. The molecule has 1 aromatic heterocycles. The normalized spacial score (nSPS) is 18.1. The van der Waals surface area contributed by atoms with E-state index in [4.69, 9.17) is 0 Å². The number of Topliss-reactive ketones (excluding diaryl/α,β-unsaturated/α-hetero) is 1. The summed E-state index contributed by atoms with van der Waals surface area (Å²) in [5, 5.41) is 10.9. The molecule has 0 radical (unpaired) electrons. The molecule has 2 aromatic carbocycles. The van der Waals surface area contributed by atoms with Gasteiger partial charge in [0.15, 0.2) is 0 Å². The molecule has 0 saturated carbocycles. The number of aliphatic hydroxyl groups excluding tert-OH is 1. The number of anilines is 1. The number of ketones is 1. The molecule has 1 fully saturated rings. The fourth-order valence-corrected chi connectivity index (χ4v) is 3.47. The number of halogens is 2. The molecular weight excluding hydrogens is 390 g/mol. The third-order valence-corrected chi connectivity index (χ3v) is 4.94. The van der Waals surface area contributed by atoms with Crippen LogP contribution in [0, 0.1) is 18.6 Å². The summed E-state index contributed by atoms with van der Waals surface area (Å²) in [7, 11) is 0. The predicted octanol–water partition coefficient (Wildman–Crippen LogP) is 4.29. The first-order chi connectivity index (χ1) is 14.4. The monoisotopic (exact) mass is 406 g/mol. The van der Waals surface area contributed by atoms with Crippen molar-refractivity contribution in [1.29, 1.82) is 0 Å². The van der Waals surface area contributed by atoms with Gasteiger partial charge in [-0.3, -0.25) is 19.5 Å². The third-order valence-electron chi connectivity index (χ3n) is 4.94. The average molecular weight is 406 g/mol. The average Bonchev–Trinajstić information content (AvgIpc) is 3.01. The number of benzene rings is 2. The number of pyridine rings is 1. The topological polar surface area (TPSA) is 70.5 Å². The van der Waals surface area contributed by atoms with E-state index >= 15 is 0 Å². The standard InChI is InChI=1S/C23H16F2N2O3/c1-13-4-6-14(7-5-13)21(28)19-20(15-3-2-10-26-12-15)27(23(30)22(19)29)18-11-16(24)8-9-17(18)25/h2-12,20,28H,1H3/b21-19+. The van der Waals surface area contributed by atoms with Crippen molar-refractivity contribution in [3.8, 4) is 0 Å². The van der Waals surface area contributed by atoms with E-state index in [9.17, 15) is 23.5 Å². The van der Waals surface area contributed by atoms with Crippen LogP contribution < -0.4 is 4.90 Å². The molecule has 1 N–H and O–H groups in total. The summed E-state index contributed by atoms with van der Waals surface area (Å²) in [6.45, 7) is 1.87. The van der Waals surface area contributed by atoms with Gasteiger partial charge in [-0.25, -0.2) is 8.78 Å². The molecule has 4 rings (SSSR count). The molecule has 1 saturated heterocycles. The van der Waals surface area contributed by atoms with Crippen molar-refractivity contribution in [1.82, 2.24) is 4.98 Å². The maximum absolute atomic E-state index is 14.5. The number of aryl methyl sites for hydroxylation is 1. The van der Waals surface area contributed by atoms with Crippen LogP contribution in [0.15, 0.2) is 72.6 Å². The van der Waals surface area contributed by atoms with Crippen molar-refractivity contribution in [2.75, 3.05) is 4.90 Å². The van der Waals surface area contributed by atoms with Crippen LogP contribution in [0.4, 0.5) is 14.5 Å². The number of aliphatic hydroxyl groups is 1. The van der Waals surface area contributed by atoms with Crippen molar-refractivity contribution >= 4 is 23.1 Å². The Balaban J connectivity index is 1.97. The second-order valence-electron chi connectivity index (χ2n) is 6.92. The molecule has 150 valence electrons. The first-order valence-electron chi connectivity index (χ1n) is 9.11. The number of hydrogen-bond donors (Lipinski definition) is 1. The second-order valence-corrected chi connectivity index (χ2v) is 6.92. The van der Waals surface area contributed by atoms with Gasteiger partial charge in [-0.2, -0.15) is 0 Å². The highest BCUT2D eigenvalue weighted by Gasteiger charge is 2.47. The minimum absolute atomic E-state index is 0.222. The van der Waals surface area contributed by atoms with E-state index < -0.39 is 40.8 Å². The van der Waals surface area contributed by atoms with Gasteiger partial charge in [-0.1, -0.05) is 35.9 Å². The Labute approximate surface area is 170 Å². The largest absolute Gasteiger partial charge is 0.507 e. The van der Waals surface area contributed by atoms with Crippen molar-refractivity contribution < 1.29 is 23.5 Å². The van der Waals surface area contributed by atoms with Gasteiger partial charge in [0.1, 0.15) is 17.4 Å². The molecular formula is C23H16F2N2O3. The number of nitrogens with zero attached hydrogens (tertiary/aromatic N) is 2. The molecule has 1 amide bonds. The Bertz CT molecular complexity index is 1170. The minimum atomic E-state index is -1.17. The summed E-state index contributed by atoms with van der Waals surface area (Å²) in [5.41, 5.74) is 1.02. The molecule has 1 aliphatic heterocycles. The van der Waals surface area contributed by atoms with Crippen molar-refractivity contribution in [2.45, 2.75) is 13.0 Å². The lowest BCUT2D eigenvalue weighted by atomic mass is 9.96. The summed E-state index contributed by atoms with van der Waals surface area (Å²) in [6.07, 6.45) is 2.90. The van der Waals surface area contributed by atoms with E-state index in [0.717, 1.165) is 28.7 Å². The molecule has 1 aliphatic rings. The molecule has 0 aliphatic carbocycles. The SMILES string of the molecule is Cc1ccc(/C(O)=C2\C(=O)C(=O)N(c3cc(F)ccc3F)C2c2cccnc2)cc1. The molecule has 7 heteroatoms. The van der Waals surface area contributed by atoms with E-state index in [2.05, 4.69) is 4.98 Å². The summed E-state index contributed by atoms with van der Waals surface area (Å²) >= 11 is 0. The van der Waals surface area contributed by atoms with Crippen LogP contribution in [-0.2, 0) is 9.59 Å². The van der Waals surface area contributed by atoms with Gasteiger partial charge in [0.05, 0.1) is 17.3 Å². The number of carbonyl (C=O) groups excluding carboxylic acids is 2. The molecule has 30 heavy (non-hydrogen) atoms. The highest BCUT2D eigenvalue weighted by Crippen LogP contribution is 2.42. The maximum Gasteiger partial charge on any atom is 0.300 e. The van der Waals surface area contributed by atoms with Crippen molar-refractivity contribution in [3.05, 3.63) is 101 Å². The zero-order chi connectivity index (χ0) is 21.4. The zero-order valence-corrected chi connectivity index (χ0v) is 15.8. The summed E-state index contributed by atoms with van der Waals surface area (Å²) in [4.78, 5) is 30.6. The van der Waals surface area contributed by atoms with E-state index in [1.165, 1.54) is 12.4 Å². The van der Waals surface area contributed by atoms with Crippen LogP contribution >= 0.6 is 0 Å². The van der Waals surface area contributed by atoms with Crippen LogP contribution in [0.2, 0.25) is 0 Å².